The van der Waals surface area contributed by atoms with Crippen LogP contribution in [0.3, 0.4) is 0 Å². The summed E-state index contributed by atoms with van der Waals surface area (Å²) in [7, 11) is 0. The van der Waals surface area contributed by atoms with E-state index in [2.05, 4.69) is 25.8 Å². The number of nitrogens with zero attached hydrogens (tertiary/aromatic N) is 3. The Bertz CT molecular complexity index is 672. The molecule has 0 spiro atoms. The summed E-state index contributed by atoms with van der Waals surface area (Å²) in [5, 5.41) is 12.1. The molecule has 0 unspecified atom stereocenters. The summed E-state index contributed by atoms with van der Waals surface area (Å²) >= 11 is 0. The molecule has 0 bridgehead atoms. The van der Waals surface area contributed by atoms with Gasteiger partial charge in [-0.1, -0.05) is 0 Å². The monoisotopic (exact) mass is 278 g/mol. The quantitative estimate of drug-likeness (QED) is 0.717. The first-order valence-electron chi connectivity index (χ1n) is 6.45. The van der Waals surface area contributed by atoms with Crippen LogP contribution >= 0.6 is 0 Å². The van der Waals surface area contributed by atoms with Gasteiger partial charge in [-0.3, -0.25) is 4.79 Å². The minimum absolute atomic E-state index is 0.0127. The predicted molar refractivity (Wildman–Crippen MR) is 74.7 cm³/mol. The third kappa shape index (κ3) is 3.14. The van der Waals surface area contributed by atoms with Gasteiger partial charge in [-0.25, -0.2) is 19.3 Å². The average molecular weight is 278 g/mol. The Morgan fingerprint density at radius 3 is 2.95 bits per heavy atom. The third-order valence-electron chi connectivity index (χ3n) is 2.68. The summed E-state index contributed by atoms with van der Waals surface area (Å²) in [5.41, 5.74) is 0.185. The summed E-state index contributed by atoms with van der Waals surface area (Å²) in [6, 6.07) is 1.79. The molecular weight excluding hydrogens is 260 g/mol. The van der Waals surface area contributed by atoms with Gasteiger partial charge in [-0.05, 0) is 20.8 Å². The molecule has 1 amide bonds. The largest absolute Gasteiger partial charge is 0.369 e. The highest BCUT2D eigenvalue weighted by molar-refractivity contribution is 5.76. The Labute approximate surface area is 115 Å². The number of carbonyl (C=O) groups is 1. The Morgan fingerprint density at radius 1 is 1.50 bits per heavy atom. The number of aryl methyl sites for hydroxylation is 1. The number of hydrogen-bond donors (Lipinski definition) is 3. The highest BCUT2D eigenvalue weighted by Crippen LogP contribution is 2.07. The summed E-state index contributed by atoms with van der Waals surface area (Å²) in [5.74, 6) is 1.11. The van der Waals surface area contributed by atoms with Crippen molar-refractivity contribution in [2.24, 2.45) is 0 Å². The summed E-state index contributed by atoms with van der Waals surface area (Å²) in [6.45, 7) is 6.02. The Hall–Kier alpha value is -2.38. The first-order chi connectivity index (χ1) is 9.47. The van der Waals surface area contributed by atoms with E-state index in [1.807, 2.05) is 13.8 Å². The molecule has 0 saturated carbocycles. The maximum atomic E-state index is 11.5. The van der Waals surface area contributed by atoms with Gasteiger partial charge < -0.3 is 10.6 Å². The van der Waals surface area contributed by atoms with Gasteiger partial charge >= 0.3 is 5.69 Å². The molecule has 20 heavy (non-hydrogen) atoms. The molecule has 0 aliphatic carbocycles. The van der Waals surface area contributed by atoms with Crippen LogP contribution in [0.2, 0.25) is 0 Å². The van der Waals surface area contributed by atoms with E-state index >= 15 is 0 Å². The lowest BCUT2D eigenvalue weighted by molar-refractivity contribution is -0.121. The zero-order valence-electron chi connectivity index (χ0n) is 11.7. The molecule has 0 fully saturated rings. The normalized spacial score (nSPS) is 11.0. The van der Waals surface area contributed by atoms with E-state index in [0.29, 0.717) is 30.3 Å². The number of carbonyl (C=O) groups excluding carboxylic acids is 1. The summed E-state index contributed by atoms with van der Waals surface area (Å²) in [4.78, 5) is 27.2. The number of nitrogens with one attached hydrogen (secondary N) is 3. The number of anilines is 1. The van der Waals surface area contributed by atoms with E-state index in [9.17, 15) is 9.59 Å². The first-order valence-corrected chi connectivity index (χ1v) is 6.45. The standard InChI is InChI=1S/C12H18N6O2/c1-7(2)14-11(19)4-5-13-9-6-10-16-17-12(20)18(10)8(3)15-9/h6-7,13H,4-5H2,1-3H3,(H,14,19)(H,17,20). The summed E-state index contributed by atoms with van der Waals surface area (Å²) < 4.78 is 1.39. The Balaban J connectivity index is 2.00. The van der Waals surface area contributed by atoms with E-state index in [0.717, 1.165) is 0 Å². The van der Waals surface area contributed by atoms with Crippen LogP contribution in [0.5, 0.6) is 0 Å². The zero-order chi connectivity index (χ0) is 14.7. The van der Waals surface area contributed by atoms with Crippen molar-refractivity contribution in [3.05, 3.63) is 22.4 Å². The molecule has 2 heterocycles. The topological polar surface area (TPSA) is 104 Å². The van der Waals surface area contributed by atoms with Crippen LogP contribution in [0.25, 0.3) is 5.65 Å². The Kier molecular flexibility index (Phi) is 4.02. The molecule has 8 nitrogen and oxygen atoms in total. The molecule has 0 atom stereocenters. The van der Waals surface area contributed by atoms with E-state index in [1.165, 1.54) is 4.40 Å². The van der Waals surface area contributed by atoms with Crippen molar-refractivity contribution in [1.82, 2.24) is 24.9 Å². The second kappa shape index (κ2) is 5.72. The fourth-order valence-corrected chi connectivity index (χ4v) is 1.89. The minimum Gasteiger partial charge on any atom is -0.369 e. The molecule has 8 heteroatoms. The van der Waals surface area contributed by atoms with Crippen molar-refractivity contribution in [3.63, 3.8) is 0 Å². The van der Waals surface area contributed by atoms with Gasteiger partial charge in [0.2, 0.25) is 5.91 Å². The molecular formula is C12H18N6O2. The lowest BCUT2D eigenvalue weighted by Crippen LogP contribution is -2.31. The molecule has 0 aromatic carbocycles. The van der Waals surface area contributed by atoms with Crippen molar-refractivity contribution >= 4 is 17.4 Å². The van der Waals surface area contributed by atoms with E-state index in [-0.39, 0.29) is 17.6 Å². The fourth-order valence-electron chi connectivity index (χ4n) is 1.89. The number of aromatic amines is 1. The van der Waals surface area contributed by atoms with Gasteiger partial charge in [0.25, 0.3) is 0 Å². The molecule has 2 rings (SSSR count). The van der Waals surface area contributed by atoms with Crippen LogP contribution in [-0.4, -0.2) is 38.1 Å². The first kappa shape index (κ1) is 14.0. The highest BCUT2D eigenvalue weighted by Gasteiger charge is 2.07. The fraction of sp³-hybridized carbons (Fsp3) is 0.500. The molecule has 108 valence electrons. The maximum absolute atomic E-state index is 11.5. The van der Waals surface area contributed by atoms with Gasteiger partial charge in [0.05, 0.1) is 0 Å². The van der Waals surface area contributed by atoms with Crippen molar-refractivity contribution in [2.45, 2.75) is 33.2 Å². The van der Waals surface area contributed by atoms with Gasteiger partial charge in [0, 0.05) is 25.1 Å². The van der Waals surface area contributed by atoms with Crippen LogP contribution in [0, 0.1) is 6.92 Å². The van der Waals surface area contributed by atoms with Crippen LogP contribution in [0.4, 0.5) is 5.82 Å². The van der Waals surface area contributed by atoms with Gasteiger partial charge in [0.1, 0.15) is 11.6 Å². The number of amides is 1. The number of aromatic nitrogens is 4. The van der Waals surface area contributed by atoms with Gasteiger partial charge in [-0.2, -0.15) is 5.10 Å². The van der Waals surface area contributed by atoms with E-state index in [1.54, 1.807) is 13.0 Å². The van der Waals surface area contributed by atoms with Crippen molar-refractivity contribution in [1.29, 1.82) is 0 Å². The molecule has 0 aliphatic heterocycles. The van der Waals surface area contributed by atoms with Crippen LogP contribution < -0.4 is 16.3 Å². The lowest BCUT2D eigenvalue weighted by atomic mass is 10.3. The molecule has 0 radical (unpaired) electrons. The number of fused-ring (bicyclic) bond motifs is 1. The maximum Gasteiger partial charge on any atom is 0.349 e. The molecule has 2 aromatic rings. The second-order valence-electron chi connectivity index (χ2n) is 4.81. The van der Waals surface area contributed by atoms with Crippen molar-refractivity contribution < 1.29 is 4.79 Å². The van der Waals surface area contributed by atoms with Crippen LogP contribution in [0.1, 0.15) is 26.1 Å². The molecule has 0 saturated heterocycles. The van der Waals surface area contributed by atoms with E-state index < -0.39 is 0 Å². The average Bonchev–Trinajstić information content (AvgIpc) is 2.70. The minimum atomic E-state index is -0.312. The van der Waals surface area contributed by atoms with Crippen molar-refractivity contribution in [3.8, 4) is 0 Å². The second-order valence-corrected chi connectivity index (χ2v) is 4.81. The number of H-pyrrole nitrogens is 1. The van der Waals surface area contributed by atoms with Gasteiger partial charge in [0.15, 0.2) is 5.65 Å². The molecule has 2 aromatic heterocycles. The van der Waals surface area contributed by atoms with Crippen LogP contribution in [-0.2, 0) is 4.79 Å². The zero-order valence-corrected chi connectivity index (χ0v) is 11.7. The molecule has 0 aliphatic rings. The predicted octanol–water partition coefficient (Wildman–Crippen LogP) is 0.0526. The molecule has 3 N–H and O–H groups in total. The SMILES string of the molecule is Cc1nc(NCCC(=O)NC(C)C)cc2n[nH]c(=O)n12. The lowest BCUT2D eigenvalue weighted by Gasteiger charge is -2.09. The number of rotatable bonds is 5. The smallest absolute Gasteiger partial charge is 0.349 e. The Morgan fingerprint density at radius 2 is 2.25 bits per heavy atom. The van der Waals surface area contributed by atoms with Crippen molar-refractivity contribution in [2.75, 3.05) is 11.9 Å². The highest BCUT2D eigenvalue weighted by atomic mass is 16.2. The third-order valence-corrected chi connectivity index (χ3v) is 2.68. The van der Waals surface area contributed by atoms with Gasteiger partial charge in [-0.15, -0.1) is 0 Å². The number of hydrogen-bond acceptors (Lipinski definition) is 5. The summed E-state index contributed by atoms with van der Waals surface area (Å²) in [6.07, 6.45) is 0.359. The van der Waals surface area contributed by atoms with Crippen LogP contribution in [0.15, 0.2) is 10.9 Å². The van der Waals surface area contributed by atoms with E-state index in [4.69, 9.17) is 0 Å².